The van der Waals surface area contributed by atoms with Gasteiger partial charge in [0, 0.05) is 20.3 Å². The van der Waals surface area contributed by atoms with Crippen LogP contribution in [-0.4, -0.2) is 33.4 Å². The van der Waals surface area contributed by atoms with Crippen molar-refractivity contribution >= 4 is 27.5 Å². The monoisotopic (exact) mass is 335 g/mol. The van der Waals surface area contributed by atoms with Crippen LogP contribution < -0.4 is 10.1 Å². The molecule has 5 heteroatoms. The van der Waals surface area contributed by atoms with Gasteiger partial charge in [-0.05, 0) is 53.5 Å². The molecular weight excluding hydrogens is 318 g/mol. The van der Waals surface area contributed by atoms with E-state index in [2.05, 4.69) is 21.2 Å². The zero-order valence-corrected chi connectivity index (χ0v) is 13.1. The number of halogens is 2. The van der Waals surface area contributed by atoms with E-state index in [1.807, 2.05) is 19.1 Å². The van der Waals surface area contributed by atoms with Crippen molar-refractivity contribution < 1.29 is 9.47 Å². The number of nitrogens with one attached hydrogen (secondary N) is 1. The highest BCUT2D eigenvalue weighted by Gasteiger charge is 2.07. The predicted molar refractivity (Wildman–Crippen MR) is 78.7 cm³/mol. The lowest BCUT2D eigenvalue weighted by Gasteiger charge is -2.11. The lowest BCUT2D eigenvalue weighted by Crippen LogP contribution is -2.23. The number of rotatable bonds is 8. The summed E-state index contributed by atoms with van der Waals surface area (Å²) >= 11 is 9.58. The minimum absolute atomic E-state index is 0.592. The van der Waals surface area contributed by atoms with Crippen LogP contribution >= 0.6 is 27.5 Å². The first kappa shape index (κ1) is 15.8. The Morgan fingerprint density at radius 2 is 2.06 bits per heavy atom. The molecule has 0 unspecified atom stereocenters. The summed E-state index contributed by atoms with van der Waals surface area (Å²) in [5, 5.41) is 3.92. The molecule has 1 aromatic rings. The molecule has 1 rings (SSSR count). The molecule has 0 amide bonds. The molecule has 0 radical (unpaired) electrons. The van der Waals surface area contributed by atoms with Gasteiger partial charge in [0.1, 0.15) is 6.61 Å². The van der Waals surface area contributed by atoms with Gasteiger partial charge in [-0.2, -0.15) is 0 Å². The van der Waals surface area contributed by atoms with Gasteiger partial charge < -0.3 is 14.8 Å². The summed E-state index contributed by atoms with van der Waals surface area (Å²) in [7, 11) is 1.71. The standard InChI is InChI=1S/C13H19BrClNO2/c1-10-8-11(14)13(12(15)9-10)18-7-5-16-4-3-6-17-2/h8-9,16H,3-7H2,1-2H3. The smallest absolute Gasteiger partial charge is 0.152 e. The van der Waals surface area contributed by atoms with Gasteiger partial charge in [-0.3, -0.25) is 0 Å². The van der Waals surface area contributed by atoms with Gasteiger partial charge in [-0.15, -0.1) is 0 Å². The second-order valence-electron chi connectivity index (χ2n) is 4.00. The van der Waals surface area contributed by atoms with Crippen LogP contribution in [-0.2, 0) is 4.74 Å². The lowest BCUT2D eigenvalue weighted by molar-refractivity contribution is 0.193. The highest BCUT2D eigenvalue weighted by Crippen LogP contribution is 2.34. The van der Waals surface area contributed by atoms with E-state index in [4.69, 9.17) is 21.1 Å². The Bertz CT molecular complexity index is 351. The first-order chi connectivity index (χ1) is 8.65. The minimum Gasteiger partial charge on any atom is -0.490 e. The van der Waals surface area contributed by atoms with E-state index in [1.54, 1.807) is 7.11 Å². The molecule has 102 valence electrons. The molecule has 0 aromatic heterocycles. The molecule has 18 heavy (non-hydrogen) atoms. The molecule has 3 nitrogen and oxygen atoms in total. The Labute approximate surface area is 122 Å². The maximum absolute atomic E-state index is 6.12. The highest BCUT2D eigenvalue weighted by molar-refractivity contribution is 9.10. The molecule has 1 aromatic carbocycles. The minimum atomic E-state index is 0.592. The van der Waals surface area contributed by atoms with Gasteiger partial charge in [0.25, 0.3) is 0 Å². The van der Waals surface area contributed by atoms with Gasteiger partial charge >= 0.3 is 0 Å². The average Bonchev–Trinajstić information content (AvgIpc) is 2.30. The molecule has 0 bridgehead atoms. The van der Waals surface area contributed by atoms with E-state index in [9.17, 15) is 0 Å². The normalized spacial score (nSPS) is 10.7. The van der Waals surface area contributed by atoms with Gasteiger partial charge in [0.2, 0.25) is 0 Å². The Morgan fingerprint density at radius 3 is 2.72 bits per heavy atom. The van der Waals surface area contributed by atoms with Gasteiger partial charge in [-0.25, -0.2) is 0 Å². The van der Waals surface area contributed by atoms with Crippen LogP contribution in [0.4, 0.5) is 0 Å². The number of aryl methyl sites for hydroxylation is 1. The topological polar surface area (TPSA) is 30.5 Å². The van der Waals surface area contributed by atoms with Gasteiger partial charge in [-0.1, -0.05) is 11.6 Å². The zero-order valence-electron chi connectivity index (χ0n) is 10.8. The number of benzene rings is 1. The molecule has 0 aliphatic rings. The number of hydrogen-bond donors (Lipinski definition) is 1. The third-order valence-electron chi connectivity index (χ3n) is 2.37. The van der Waals surface area contributed by atoms with Crippen molar-refractivity contribution in [1.82, 2.24) is 5.32 Å². The fraction of sp³-hybridized carbons (Fsp3) is 0.538. The summed E-state index contributed by atoms with van der Waals surface area (Å²) < 4.78 is 11.5. The van der Waals surface area contributed by atoms with Crippen LogP contribution in [0.3, 0.4) is 0 Å². The number of methoxy groups -OCH3 is 1. The van der Waals surface area contributed by atoms with Crippen LogP contribution in [0.25, 0.3) is 0 Å². The summed E-state index contributed by atoms with van der Waals surface area (Å²) in [6.07, 6.45) is 1.01. The van der Waals surface area contributed by atoms with Crippen molar-refractivity contribution in [2.45, 2.75) is 13.3 Å². The molecule has 0 atom stereocenters. The third-order valence-corrected chi connectivity index (χ3v) is 3.24. The number of hydrogen-bond acceptors (Lipinski definition) is 3. The van der Waals surface area contributed by atoms with Crippen LogP contribution in [0.5, 0.6) is 5.75 Å². The second kappa shape index (κ2) is 8.75. The second-order valence-corrected chi connectivity index (χ2v) is 5.26. The lowest BCUT2D eigenvalue weighted by atomic mass is 10.2. The molecule has 0 saturated carbocycles. The summed E-state index contributed by atoms with van der Waals surface area (Å²) in [4.78, 5) is 0. The van der Waals surface area contributed by atoms with E-state index in [1.165, 1.54) is 0 Å². The number of ether oxygens (including phenoxy) is 2. The van der Waals surface area contributed by atoms with Crippen molar-refractivity contribution in [1.29, 1.82) is 0 Å². The van der Waals surface area contributed by atoms with Crippen molar-refractivity contribution in [3.8, 4) is 5.75 Å². The van der Waals surface area contributed by atoms with Crippen molar-refractivity contribution in [3.63, 3.8) is 0 Å². The average molecular weight is 337 g/mol. The van der Waals surface area contributed by atoms with E-state index in [0.29, 0.717) is 17.4 Å². The quantitative estimate of drug-likeness (QED) is 0.738. The fourth-order valence-electron chi connectivity index (χ4n) is 1.52. The van der Waals surface area contributed by atoms with Crippen LogP contribution in [0.2, 0.25) is 5.02 Å². The SMILES string of the molecule is COCCCNCCOc1c(Cl)cc(C)cc1Br. The molecule has 0 fully saturated rings. The highest BCUT2D eigenvalue weighted by atomic mass is 79.9. The van der Waals surface area contributed by atoms with Crippen molar-refractivity contribution in [2.24, 2.45) is 0 Å². The zero-order chi connectivity index (χ0) is 13.4. The van der Waals surface area contributed by atoms with Crippen molar-refractivity contribution in [2.75, 3.05) is 33.4 Å². The summed E-state index contributed by atoms with van der Waals surface area (Å²) in [5.41, 5.74) is 1.11. The van der Waals surface area contributed by atoms with Crippen molar-refractivity contribution in [3.05, 3.63) is 27.2 Å². The van der Waals surface area contributed by atoms with Crippen LogP contribution in [0.15, 0.2) is 16.6 Å². The Morgan fingerprint density at radius 1 is 1.28 bits per heavy atom. The van der Waals surface area contributed by atoms with Gasteiger partial charge in [0.15, 0.2) is 5.75 Å². The summed E-state index contributed by atoms with van der Waals surface area (Å²) in [5.74, 6) is 0.709. The van der Waals surface area contributed by atoms with E-state index in [0.717, 1.165) is 36.2 Å². The Balaban J connectivity index is 2.27. The van der Waals surface area contributed by atoms with Crippen LogP contribution in [0, 0.1) is 6.92 Å². The Kier molecular flexibility index (Phi) is 7.66. The first-order valence-corrected chi connectivity index (χ1v) is 7.10. The maximum Gasteiger partial charge on any atom is 0.152 e. The molecule has 0 heterocycles. The molecule has 0 saturated heterocycles. The van der Waals surface area contributed by atoms with E-state index in [-0.39, 0.29) is 0 Å². The molecule has 1 N–H and O–H groups in total. The fourth-order valence-corrected chi connectivity index (χ4v) is 2.65. The summed E-state index contributed by atoms with van der Waals surface area (Å²) in [6, 6.07) is 3.89. The summed E-state index contributed by atoms with van der Waals surface area (Å²) in [6.45, 7) is 5.09. The first-order valence-electron chi connectivity index (χ1n) is 5.93. The Hall–Kier alpha value is -0.290. The largest absolute Gasteiger partial charge is 0.490 e. The maximum atomic E-state index is 6.12. The van der Waals surface area contributed by atoms with E-state index < -0.39 is 0 Å². The van der Waals surface area contributed by atoms with E-state index >= 15 is 0 Å². The molecule has 0 aliphatic heterocycles. The third kappa shape index (κ3) is 5.57. The molecule has 0 aliphatic carbocycles. The molecule has 0 spiro atoms. The predicted octanol–water partition coefficient (Wildman–Crippen LogP) is 3.42. The molecular formula is C13H19BrClNO2. The van der Waals surface area contributed by atoms with Crippen LogP contribution in [0.1, 0.15) is 12.0 Å². The van der Waals surface area contributed by atoms with Gasteiger partial charge in [0.05, 0.1) is 9.50 Å².